The minimum absolute atomic E-state index is 0.125. The average Bonchev–Trinajstić information content (AvgIpc) is 2.72. The Hall–Kier alpha value is -3.16. The molecular formula is C21H18F3N3O2. The van der Waals surface area contributed by atoms with Crippen molar-refractivity contribution in [2.45, 2.75) is 25.1 Å². The molecule has 0 saturated carbocycles. The van der Waals surface area contributed by atoms with E-state index in [1.165, 1.54) is 0 Å². The predicted molar refractivity (Wildman–Crippen MR) is 101 cm³/mol. The van der Waals surface area contributed by atoms with Gasteiger partial charge in [0.1, 0.15) is 6.10 Å². The van der Waals surface area contributed by atoms with E-state index in [1.807, 2.05) is 36.4 Å². The van der Waals surface area contributed by atoms with E-state index in [2.05, 4.69) is 9.97 Å². The zero-order valence-electron chi connectivity index (χ0n) is 15.4. The number of aromatic nitrogens is 2. The van der Waals surface area contributed by atoms with Crippen molar-refractivity contribution in [2.24, 2.45) is 0 Å². The SMILES string of the molecule is O=C(c1cccc2ccccc12)N1CCCC(Oc2nccc(C(F)(F)F)n2)C1. The second kappa shape index (κ2) is 7.69. The summed E-state index contributed by atoms with van der Waals surface area (Å²) in [6, 6.07) is 13.7. The van der Waals surface area contributed by atoms with Gasteiger partial charge in [-0.2, -0.15) is 18.2 Å². The number of nitrogens with zero attached hydrogens (tertiary/aromatic N) is 3. The number of amides is 1. The van der Waals surface area contributed by atoms with Crippen LogP contribution in [0.15, 0.2) is 54.7 Å². The average molecular weight is 401 g/mol. The summed E-state index contributed by atoms with van der Waals surface area (Å²) in [5.41, 5.74) is -0.457. The van der Waals surface area contributed by atoms with Crippen LogP contribution in [-0.2, 0) is 6.18 Å². The summed E-state index contributed by atoms with van der Waals surface area (Å²) in [6.45, 7) is 0.826. The van der Waals surface area contributed by atoms with Gasteiger partial charge in [-0.25, -0.2) is 4.98 Å². The molecule has 1 aliphatic rings. The molecule has 1 saturated heterocycles. The van der Waals surface area contributed by atoms with E-state index in [-0.39, 0.29) is 18.5 Å². The second-order valence-corrected chi connectivity index (χ2v) is 6.88. The maximum absolute atomic E-state index is 13.1. The Labute approximate surface area is 165 Å². The van der Waals surface area contributed by atoms with Crippen molar-refractivity contribution in [3.8, 4) is 6.01 Å². The van der Waals surface area contributed by atoms with Gasteiger partial charge in [0.25, 0.3) is 5.91 Å². The predicted octanol–water partition coefficient (Wildman–Crippen LogP) is 4.33. The minimum Gasteiger partial charge on any atom is -0.458 e. The Morgan fingerprint density at radius 3 is 2.72 bits per heavy atom. The molecule has 1 unspecified atom stereocenters. The molecule has 0 bridgehead atoms. The van der Waals surface area contributed by atoms with Gasteiger partial charge in [0.2, 0.25) is 0 Å². The molecule has 2 aromatic carbocycles. The molecule has 3 aromatic rings. The fourth-order valence-electron chi connectivity index (χ4n) is 3.51. The minimum atomic E-state index is -4.57. The molecule has 1 atom stereocenters. The normalized spacial score (nSPS) is 17.3. The molecule has 0 N–H and O–H groups in total. The molecule has 5 nitrogen and oxygen atoms in total. The lowest BCUT2D eigenvalue weighted by Gasteiger charge is -2.32. The number of benzene rings is 2. The van der Waals surface area contributed by atoms with Gasteiger partial charge in [-0.05, 0) is 35.7 Å². The lowest BCUT2D eigenvalue weighted by molar-refractivity contribution is -0.141. The van der Waals surface area contributed by atoms with Crippen LogP contribution < -0.4 is 4.74 Å². The van der Waals surface area contributed by atoms with Crippen LogP contribution in [0.3, 0.4) is 0 Å². The Kier molecular flexibility index (Phi) is 5.08. The van der Waals surface area contributed by atoms with Crippen LogP contribution in [0.1, 0.15) is 28.9 Å². The maximum Gasteiger partial charge on any atom is 0.433 e. The maximum atomic E-state index is 13.1. The third kappa shape index (κ3) is 4.16. The van der Waals surface area contributed by atoms with Gasteiger partial charge in [-0.3, -0.25) is 4.79 Å². The molecular weight excluding hydrogens is 383 g/mol. The first-order chi connectivity index (χ1) is 13.9. The highest BCUT2D eigenvalue weighted by atomic mass is 19.4. The number of carbonyl (C=O) groups excluding carboxylic acids is 1. The number of fused-ring (bicyclic) bond motifs is 1. The number of hydrogen-bond acceptors (Lipinski definition) is 4. The van der Waals surface area contributed by atoms with E-state index in [4.69, 9.17) is 4.74 Å². The first kappa shape index (κ1) is 19.2. The van der Waals surface area contributed by atoms with Gasteiger partial charge in [0.05, 0.1) is 6.54 Å². The van der Waals surface area contributed by atoms with Gasteiger partial charge >= 0.3 is 12.2 Å². The third-order valence-corrected chi connectivity index (χ3v) is 4.88. The van der Waals surface area contributed by atoms with Gasteiger partial charge in [0, 0.05) is 18.3 Å². The Bertz CT molecular complexity index is 1030. The summed E-state index contributed by atoms with van der Waals surface area (Å²) in [4.78, 5) is 22.0. The second-order valence-electron chi connectivity index (χ2n) is 6.88. The van der Waals surface area contributed by atoms with Crippen molar-refractivity contribution in [3.05, 3.63) is 66.0 Å². The molecule has 1 amide bonds. The smallest absolute Gasteiger partial charge is 0.433 e. The number of likely N-dealkylation sites (tertiary alicyclic amines) is 1. The number of alkyl halides is 3. The van der Waals surface area contributed by atoms with E-state index in [0.717, 1.165) is 23.0 Å². The first-order valence-electron chi connectivity index (χ1n) is 9.26. The standard InChI is InChI=1S/C21H18F3N3O2/c22-21(23,24)18-10-11-25-20(26-18)29-15-7-4-12-27(13-15)19(28)17-9-3-6-14-5-1-2-8-16(14)17/h1-3,5-6,8-11,15H,4,7,12-13H2. The summed E-state index contributed by atoms with van der Waals surface area (Å²) in [5, 5.41) is 1.84. The quantitative estimate of drug-likeness (QED) is 0.656. The number of halogens is 3. The highest BCUT2D eigenvalue weighted by Crippen LogP contribution is 2.28. The first-order valence-corrected chi connectivity index (χ1v) is 9.26. The van der Waals surface area contributed by atoms with Crippen LogP contribution in [0.5, 0.6) is 6.01 Å². The monoisotopic (exact) mass is 401 g/mol. The molecule has 4 rings (SSSR count). The highest BCUT2D eigenvalue weighted by molar-refractivity contribution is 6.07. The summed E-state index contributed by atoms with van der Waals surface area (Å²) < 4.78 is 44.1. The molecule has 1 aliphatic heterocycles. The van der Waals surface area contributed by atoms with E-state index >= 15 is 0 Å². The number of piperidine rings is 1. The van der Waals surface area contributed by atoms with E-state index < -0.39 is 18.0 Å². The zero-order valence-corrected chi connectivity index (χ0v) is 15.4. The van der Waals surface area contributed by atoms with E-state index in [1.54, 1.807) is 11.0 Å². The van der Waals surface area contributed by atoms with Crippen LogP contribution >= 0.6 is 0 Å². The van der Waals surface area contributed by atoms with E-state index in [9.17, 15) is 18.0 Å². The molecule has 8 heteroatoms. The lowest BCUT2D eigenvalue weighted by Crippen LogP contribution is -2.44. The van der Waals surface area contributed by atoms with Crippen molar-refractivity contribution in [1.82, 2.24) is 14.9 Å². The molecule has 0 spiro atoms. The van der Waals surface area contributed by atoms with Gasteiger partial charge in [0.15, 0.2) is 5.69 Å². The van der Waals surface area contributed by atoms with Gasteiger partial charge in [-0.15, -0.1) is 0 Å². The molecule has 0 aliphatic carbocycles. The summed E-state index contributed by atoms with van der Waals surface area (Å²) in [5.74, 6) is -0.125. The van der Waals surface area contributed by atoms with Gasteiger partial charge in [-0.1, -0.05) is 36.4 Å². The molecule has 1 fully saturated rings. The fraction of sp³-hybridized carbons (Fsp3) is 0.286. The summed E-state index contributed by atoms with van der Waals surface area (Å²) in [6.07, 6.45) is -2.72. The lowest BCUT2D eigenvalue weighted by atomic mass is 10.0. The van der Waals surface area contributed by atoms with Crippen molar-refractivity contribution in [1.29, 1.82) is 0 Å². The molecule has 150 valence electrons. The van der Waals surface area contributed by atoms with Crippen LogP contribution in [0.2, 0.25) is 0 Å². The van der Waals surface area contributed by atoms with Crippen LogP contribution in [0, 0.1) is 0 Å². The Morgan fingerprint density at radius 2 is 1.90 bits per heavy atom. The summed E-state index contributed by atoms with van der Waals surface area (Å²) >= 11 is 0. The van der Waals surface area contributed by atoms with Crippen LogP contribution in [0.25, 0.3) is 10.8 Å². The van der Waals surface area contributed by atoms with E-state index in [0.29, 0.717) is 24.9 Å². The van der Waals surface area contributed by atoms with Crippen LogP contribution in [0.4, 0.5) is 13.2 Å². The molecule has 29 heavy (non-hydrogen) atoms. The van der Waals surface area contributed by atoms with Crippen molar-refractivity contribution in [3.63, 3.8) is 0 Å². The van der Waals surface area contributed by atoms with Crippen LogP contribution in [-0.4, -0.2) is 40.0 Å². The Balaban J connectivity index is 1.51. The van der Waals surface area contributed by atoms with Gasteiger partial charge < -0.3 is 9.64 Å². The third-order valence-electron chi connectivity index (χ3n) is 4.88. The number of carbonyl (C=O) groups is 1. The number of ether oxygens (including phenoxy) is 1. The molecule has 0 radical (unpaired) electrons. The number of hydrogen-bond donors (Lipinski definition) is 0. The summed E-state index contributed by atoms with van der Waals surface area (Å²) in [7, 11) is 0. The molecule has 2 heterocycles. The fourth-order valence-corrected chi connectivity index (χ4v) is 3.51. The van der Waals surface area contributed by atoms with Crippen molar-refractivity contribution < 1.29 is 22.7 Å². The van der Waals surface area contributed by atoms with Crippen molar-refractivity contribution in [2.75, 3.05) is 13.1 Å². The Morgan fingerprint density at radius 1 is 1.10 bits per heavy atom. The largest absolute Gasteiger partial charge is 0.458 e. The number of rotatable bonds is 3. The highest BCUT2D eigenvalue weighted by Gasteiger charge is 2.33. The topological polar surface area (TPSA) is 55.3 Å². The molecule has 1 aromatic heterocycles. The van der Waals surface area contributed by atoms with Crippen molar-refractivity contribution >= 4 is 16.7 Å². The zero-order chi connectivity index (χ0) is 20.4.